The number of pyridine rings is 1. The maximum atomic E-state index is 13.5. The molecule has 5 rings (SSSR count). The van der Waals surface area contributed by atoms with Crippen LogP contribution in [0.4, 0.5) is 0 Å². The summed E-state index contributed by atoms with van der Waals surface area (Å²) in [6, 6.07) is 11.8. The lowest BCUT2D eigenvalue weighted by atomic mass is 10.1. The summed E-state index contributed by atoms with van der Waals surface area (Å²) in [5.41, 5.74) is -0.0837. The topological polar surface area (TPSA) is 107 Å². The van der Waals surface area contributed by atoms with Crippen LogP contribution in [0.1, 0.15) is 36.0 Å². The maximum absolute atomic E-state index is 13.5. The standard InChI is InChI=1S/C28H31N3O6S/c1-2-13-30-18-23(28(33)29-17-20-19-36-25-9-5-6-10-26(25)37-20)27(32)22-16-21(11-12-24(22)30)38(34,35)31-14-7-3-4-8-15-31/h2,5-6,9-12,16,18,20H,1,3-4,7-8,13-15,17,19H2,(H,29,33)/t20-/m0/s1. The van der Waals surface area contributed by atoms with Gasteiger partial charge in [0.2, 0.25) is 15.5 Å². The van der Waals surface area contributed by atoms with Crippen LogP contribution in [0.15, 0.2) is 71.0 Å². The monoisotopic (exact) mass is 537 g/mol. The fourth-order valence-corrected chi connectivity index (χ4v) is 6.43. The highest BCUT2D eigenvalue weighted by atomic mass is 32.2. The minimum Gasteiger partial charge on any atom is -0.486 e. The molecular formula is C28H31N3O6S. The average molecular weight is 538 g/mol. The smallest absolute Gasteiger partial charge is 0.256 e. The highest BCUT2D eigenvalue weighted by Crippen LogP contribution is 2.30. The van der Waals surface area contributed by atoms with Crippen LogP contribution < -0.4 is 20.2 Å². The number of nitrogens with zero attached hydrogens (tertiary/aromatic N) is 2. The third-order valence-corrected chi connectivity index (χ3v) is 8.78. The van der Waals surface area contributed by atoms with Crippen molar-refractivity contribution in [2.45, 2.75) is 43.2 Å². The molecule has 0 unspecified atom stereocenters. The van der Waals surface area contributed by atoms with E-state index in [-0.39, 0.29) is 29.0 Å². The lowest BCUT2D eigenvalue weighted by Gasteiger charge is -2.26. The Morgan fingerprint density at radius 1 is 1.08 bits per heavy atom. The van der Waals surface area contributed by atoms with Crippen LogP contribution in [-0.4, -0.2) is 55.5 Å². The van der Waals surface area contributed by atoms with Crippen LogP contribution in [0.2, 0.25) is 0 Å². The summed E-state index contributed by atoms with van der Waals surface area (Å²) in [6.07, 6.45) is 6.33. The predicted molar refractivity (Wildman–Crippen MR) is 144 cm³/mol. The van der Waals surface area contributed by atoms with E-state index in [2.05, 4.69) is 11.9 Å². The van der Waals surface area contributed by atoms with Crippen LogP contribution in [0.25, 0.3) is 10.9 Å². The molecule has 2 aromatic carbocycles. The minimum absolute atomic E-state index is 0.0538. The number of aromatic nitrogens is 1. The quantitative estimate of drug-likeness (QED) is 0.464. The molecule has 1 saturated heterocycles. The second-order valence-electron chi connectivity index (χ2n) is 9.52. The molecule has 1 fully saturated rings. The summed E-state index contributed by atoms with van der Waals surface area (Å²) < 4.78 is 41.6. The Balaban J connectivity index is 1.43. The molecule has 1 amide bonds. The highest BCUT2D eigenvalue weighted by Gasteiger charge is 2.27. The van der Waals surface area contributed by atoms with Gasteiger partial charge < -0.3 is 19.4 Å². The van der Waals surface area contributed by atoms with Crippen molar-refractivity contribution in [2.75, 3.05) is 26.2 Å². The second kappa shape index (κ2) is 11.0. The second-order valence-corrected chi connectivity index (χ2v) is 11.5. The van der Waals surface area contributed by atoms with Gasteiger partial charge in [0.15, 0.2) is 11.5 Å². The van der Waals surface area contributed by atoms with E-state index in [1.165, 1.54) is 22.6 Å². The molecule has 0 aliphatic carbocycles. The normalized spacial score (nSPS) is 18.1. The molecular weight excluding hydrogens is 506 g/mol. The van der Waals surface area contributed by atoms with E-state index < -0.39 is 27.5 Å². The van der Waals surface area contributed by atoms with Gasteiger partial charge in [-0.3, -0.25) is 9.59 Å². The highest BCUT2D eigenvalue weighted by molar-refractivity contribution is 7.89. The zero-order chi connectivity index (χ0) is 26.7. The number of rotatable bonds is 7. The van der Waals surface area contributed by atoms with Crippen LogP contribution in [0.3, 0.4) is 0 Å². The Morgan fingerprint density at radius 2 is 1.82 bits per heavy atom. The van der Waals surface area contributed by atoms with Crippen molar-refractivity contribution in [3.8, 4) is 11.5 Å². The number of carbonyl (C=O) groups excluding carboxylic acids is 1. The average Bonchev–Trinajstić information content (AvgIpc) is 3.23. The minimum atomic E-state index is -3.77. The lowest BCUT2D eigenvalue weighted by molar-refractivity contribution is 0.0788. The zero-order valence-corrected chi connectivity index (χ0v) is 21.9. The largest absolute Gasteiger partial charge is 0.486 e. The first-order valence-electron chi connectivity index (χ1n) is 12.8. The van der Waals surface area contributed by atoms with Gasteiger partial charge in [-0.15, -0.1) is 6.58 Å². The van der Waals surface area contributed by atoms with Crippen molar-refractivity contribution in [3.63, 3.8) is 0 Å². The first-order chi connectivity index (χ1) is 18.4. The molecule has 38 heavy (non-hydrogen) atoms. The summed E-state index contributed by atoms with van der Waals surface area (Å²) in [5, 5.41) is 2.94. The maximum Gasteiger partial charge on any atom is 0.256 e. The zero-order valence-electron chi connectivity index (χ0n) is 21.1. The van der Waals surface area contributed by atoms with Gasteiger partial charge in [-0.1, -0.05) is 31.1 Å². The summed E-state index contributed by atoms with van der Waals surface area (Å²) in [4.78, 5) is 26.7. The van der Waals surface area contributed by atoms with Gasteiger partial charge in [-0.2, -0.15) is 4.31 Å². The van der Waals surface area contributed by atoms with E-state index in [9.17, 15) is 18.0 Å². The van der Waals surface area contributed by atoms with Gasteiger partial charge in [-0.05, 0) is 43.2 Å². The van der Waals surface area contributed by atoms with Gasteiger partial charge in [0, 0.05) is 31.2 Å². The van der Waals surface area contributed by atoms with Gasteiger partial charge in [0.25, 0.3) is 5.91 Å². The molecule has 2 aliphatic heterocycles. The molecule has 0 saturated carbocycles. The number of allylic oxidation sites excluding steroid dienone is 1. The molecule has 0 bridgehead atoms. The number of hydrogen-bond donors (Lipinski definition) is 1. The van der Waals surface area contributed by atoms with E-state index in [0.717, 1.165) is 25.7 Å². The van der Waals surface area contributed by atoms with E-state index in [4.69, 9.17) is 9.47 Å². The van der Waals surface area contributed by atoms with Crippen LogP contribution >= 0.6 is 0 Å². The van der Waals surface area contributed by atoms with E-state index >= 15 is 0 Å². The molecule has 1 aromatic heterocycles. The van der Waals surface area contributed by atoms with Crippen molar-refractivity contribution >= 4 is 26.8 Å². The van der Waals surface area contributed by atoms with Crippen molar-refractivity contribution < 1.29 is 22.7 Å². The number of amides is 1. The number of fused-ring (bicyclic) bond motifs is 2. The Bertz CT molecular complexity index is 1520. The molecule has 1 N–H and O–H groups in total. The number of benzene rings is 2. The van der Waals surface area contributed by atoms with Crippen LogP contribution in [-0.2, 0) is 16.6 Å². The Labute approximate surface area is 221 Å². The number of carbonyl (C=O) groups is 1. The molecule has 1 atom stereocenters. The third kappa shape index (κ3) is 5.19. The fourth-order valence-electron chi connectivity index (χ4n) is 4.89. The molecule has 3 heterocycles. The number of sulfonamides is 1. The van der Waals surface area contributed by atoms with E-state index in [0.29, 0.717) is 36.6 Å². The van der Waals surface area contributed by atoms with Gasteiger partial charge in [0.1, 0.15) is 18.3 Å². The summed E-state index contributed by atoms with van der Waals surface area (Å²) in [6.45, 7) is 5.42. The summed E-state index contributed by atoms with van der Waals surface area (Å²) in [5.74, 6) is 0.663. The fraction of sp³-hybridized carbons (Fsp3) is 0.357. The van der Waals surface area contributed by atoms with Crippen LogP contribution in [0.5, 0.6) is 11.5 Å². The summed E-state index contributed by atoms with van der Waals surface area (Å²) in [7, 11) is -3.77. The van der Waals surface area contributed by atoms with Crippen LogP contribution in [0, 0.1) is 0 Å². The Kier molecular flexibility index (Phi) is 7.53. The number of nitrogens with one attached hydrogen (secondary N) is 1. The lowest BCUT2D eigenvalue weighted by Crippen LogP contribution is -2.41. The molecule has 200 valence electrons. The molecule has 10 heteroatoms. The molecule has 2 aliphatic rings. The Morgan fingerprint density at radius 3 is 2.55 bits per heavy atom. The van der Waals surface area contributed by atoms with E-state index in [1.54, 1.807) is 22.8 Å². The molecule has 0 spiro atoms. The number of para-hydroxylation sites is 2. The molecule has 9 nitrogen and oxygen atoms in total. The summed E-state index contributed by atoms with van der Waals surface area (Å²) >= 11 is 0. The van der Waals surface area contributed by atoms with Crippen molar-refractivity contribution in [1.29, 1.82) is 0 Å². The van der Waals surface area contributed by atoms with Crippen molar-refractivity contribution in [3.05, 3.63) is 77.1 Å². The molecule has 3 aromatic rings. The first kappa shape index (κ1) is 26.0. The SMILES string of the molecule is C=CCn1cc(C(=O)NC[C@H]2COc3ccccc3O2)c(=O)c2cc(S(=O)(=O)N3CCCCCC3)ccc21. The Hall–Kier alpha value is -3.63. The predicted octanol–water partition coefficient (Wildman–Crippen LogP) is 3.32. The first-order valence-corrected chi connectivity index (χ1v) is 14.3. The number of ether oxygens (including phenoxy) is 2. The third-order valence-electron chi connectivity index (χ3n) is 6.88. The van der Waals surface area contributed by atoms with Crippen molar-refractivity contribution in [2.24, 2.45) is 0 Å². The molecule has 0 radical (unpaired) electrons. The van der Waals surface area contributed by atoms with Gasteiger partial charge in [-0.25, -0.2) is 8.42 Å². The van der Waals surface area contributed by atoms with Gasteiger partial charge in [0.05, 0.1) is 17.0 Å². The van der Waals surface area contributed by atoms with E-state index in [1.807, 2.05) is 18.2 Å². The van der Waals surface area contributed by atoms with Crippen molar-refractivity contribution in [1.82, 2.24) is 14.2 Å². The van der Waals surface area contributed by atoms with Gasteiger partial charge >= 0.3 is 0 Å². The number of hydrogen-bond acceptors (Lipinski definition) is 6.